The Kier molecular flexibility index (Phi) is 6.97. The van der Waals surface area contributed by atoms with E-state index in [9.17, 15) is 4.79 Å². The molecule has 2 aromatic rings. The third-order valence-corrected chi connectivity index (χ3v) is 4.59. The molecule has 0 saturated carbocycles. The van der Waals surface area contributed by atoms with E-state index in [1.54, 1.807) is 0 Å². The zero-order valence-corrected chi connectivity index (χ0v) is 15.6. The van der Waals surface area contributed by atoms with Gasteiger partial charge >= 0.3 is 0 Å². The van der Waals surface area contributed by atoms with Gasteiger partial charge in [-0.15, -0.1) is 12.4 Å². The minimum atomic E-state index is 0. The van der Waals surface area contributed by atoms with Crippen LogP contribution in [0.4, 0.5) is 0 Å². The first kappa shape index (κ1) is 19.4. The summed E-state index contributed by atoms with van der Waals surface area (Å²) in [5.74, 6) is 0.0430. The molecule has 1 saturated heterocycles. The van der Waals surface area contributed by atoms with E-state index in [0.717, 1.165) is 31.4 Å². The zero-order valence-electron chi connectivity index (χ0n) is 14.8. The van der Waals surface area contributed by atoms with Gasteiger partial charge in [0.05, 0.1) is 0 Å². The maximum atomic E-state index is 12.6. The van der Waals surface area contributed by atoms with Gasteiger partial charge in [-0.2, -0.15) is 4.99 Å². The summed E-state index contributed by atoms with van der Waals surface area (Å²) in [7, 11) is 0. The number of nitrogens with zero attached hydrogens (tertiary/aromatic N) is 2. The highest BCUT2D eigenvalue weighted by atomic mass is 35.5. The lowest BCUT2D eigenvalue weighted by Gasteiger charge is -2.25. The Morgan fingerprint density at radius 2 is 2.00 bits per heavy atom. The predicted molar refractivity (Wildman–Crippen MR) is 103 cm³/mol. The summed E-state index contributed by atoms with van der Waals surface area (Å²) >= 11 is 0. The molecule has 0 aliphatic carbocycles. The smallest absolute Gasteiger partial charge is 0.250 e. The first-order valence-corrected chi connectivity index (χ1v) is 8.65. The topological polar surface area (TPSA) is 46.4 Å². The largest absolute Gasteiger partial charge is 0.328 e. The number of carbonyl (C=O) groups is 1. The number of amides is 1. The molecule has 3 rings (SSSR count). The van der Waals surface area contributed by atoms with Gasteiger partial charge in [-0.1, -0.05) is 35.9 Å². The molecule has 1 aliphatic rings. The number of benzene rings is 1. The Labute approximate surface area is 155 Å². The van der Waals surface area contributed by atoms with Gasteiger partial charge < -0.3 is 9.88 Å². The van der Waals surface area contributed by atoms with Gasteiger partial charge in [0.25, 0.3) is 5.91 Å². The lowest BCUT2D eigenvalue weighted by atomic mass is 9.93. The maximum Gasteiger partial charge on any atom is 0.250 e. The minimum Gasteiger partial charge on any atom is -0.328 e. The minimum absolute atomic E-state index is 0. The van der Waals surface area contributed by atoms with E-state index in [1.807, 2.05) is 29.0 Å². The molecule has 2 atom stereocenters. The number of hydrogen-bond donors (Lipinski definition) is 1. The fourth-order valence-corrected chi connectivity index (χ4v) is 3.15. The van der Waals surface area contributed by atoms with Crippen LogP contribution in [0.15, 0.2) is 53.7 Å². The number of aryl methyl sites for hydroxylation is 1. The molecule has 0 bridgehead atoms. The van der Waals surface area contributed by atoms with Crippen LogP contribution in [0.5, 0.6) is 0 Å². The van der Waals surface area contributed by atoms with Crippen LogP contribution in [-0.2, 0) is 11.3 Å². The van der Waals surface area contributed by atoms with Crippen LogP contribution in [0.3, 0.4) is 0 Å². The number of piperidine rings is 1. The zero-order chi connectivity index (χ0) is 16.9. The van der Waals surface area contributed by atoms with Crippen molar-refractivity contribution in [1.82, 2.24) is 9.88 Å². The van der Waals surface area contributed by atoms with E-state index in [0.29, 0.717) is 6.04 Å². The first-order chi connectivity index (χ1) is 11.6. The van der Waals surface area contributed by atoms with E-state index in [2.05, 4.69) is 48.4 Å². The molecule has 0 spiro atoms. The highest BCUT2D eigenvalue weighted by molar-refractivity contribution is 5.85. The molecule has 1 aliphatic heterocycles. The third-order valence-electron chi connectivity index (χ3n) is 4.59. The molecule has 2 heterocycles. The highest BCUT2D eigenvalue weighted by Gasteiger charge is 2.24. The van der Waals surface area contributed by atoms with Crippen molar-refractivity contribution < 1.29 is 4.79 Å². The highest BCUT2D eigenvalue weighted by Crippen LogP contribution is 2.17. The summed E-state index contributed by atoms with van der Waals surface area (Å²) in [5, 5.41) is 3.38. The Morgan fingerprint density at radius 3 is 2.72 bits per heavy atom. The Morgan fingerprint density at radius 1 is 1.24 bits per heavy atom. The average Bonchev–Trinajstić information content (AvgIpc) is 2.58. The summed E-state index contributed by atoms with van der Waals surface area (Å²) < 4.78 is 2.03. The summed E-state index contributed by atoms with van der Waals surface area (Å²) in [6.07, 6.45) is 3.72. The second-order valence-electron chi connectivity index (χ2n) is 6.70. The van der Waals surface area contributed by atoms with Gasteiger partial charge in [0.1, 0.15) is 5.49 Å². The summed E-state index contributed by atoms with van der Waals surface area (Å²) in [6, 6.07) is 14.7. The summed E-state index contributed by atoms with van der Waals surface area (Å²) in [5.41, 5.74) is 3.18. The fraction of sp³-hybridized carbons (Fsp3) is 0.400. The SMILES string of the molecule is Cc1ccc(Cn2ccccc2=NC(=O)[C@H]2CCN[C@@H](C)C2)cc1.Cl. The number of carbonyl (C=O) groups excluding carboxylic acids is 1. The second kappa shape index (κ2) is 8.97. The van der Waals surface area contributed by atoms with Crippen molar-refractivity contribution in [2.45, 2.75) is 39.3 Å². The number of aromatic nitrogens is 1. The van der Waals surface area contributed by atoms with Crippen LogP contribution >= 0.6 is 12.4 Å². The Hall–Kier alpha value is -1.91. The monoisotopic (exact) mass is 359 g/mol. The molecule has 0 radical (unpaired) electrons. The number of halogens is 1. The van der Waals surface area contributed by atoms with Crippen LogP contribution in [0.2, 0.25) is 0 Å². The molecule has 4 nitrogen and oxygen atoms in total. The van der Waals surface area contributed by atoms with Gasteiger partial charge in [0.15, 0.2) is 0 Å². The van der Waals surface area contributed by atoms with Gasteiger partial charge in [0.2, 0.25) is 0 Å². The van der Waals surface area contributed by atoms with E-state index in [-0.39, 0.29) is 24.2 Å². The maximum absolute atomic E-state index is 12.6. The molecule has 1 N–H and O–H groups in total. The Balaban J connectivity index is 0.00000225. The van der Waals surface area contributed by atoms with Crippen molar-refractivity contribution in [3.8, 4) is 0 Å². The second-order valence-corrected chi connectivity index (χ2v) is 6.70. The van der Waals surface area contributed by atoms with Crippen LogP contribution in [-0.4, -0.2) is 23.1 Å². The van der Waals surface area contributed by atoms with Gasteiger partial charge in [-0.05, 0) is 50.9 Å². The van der Waals surface area contributed by atoms with Crippen LogP contribution in [0.1, 0.15) is 30.9 Å². The molecule has 1 fully saturated rings. The van der Waals surface area contributed by atoms with Crippen LogP contribution < -0.4 is 10.8 Å². The van der Waals surface area contributed by atoms with E-state index in [4.69, 9.17) is 0 Å². The predicted octanol–water partition coefficient (Wildman–Crippen LogP) is 3.08. The number of hydrogen-bond acceptors (Lipinski definition) is 2. The van der Waals surface area contributed by atoms with E-state index < -0.39 is 0 Å². The quantitative estimate of drug-likeness (QED) is 0.915. The Bertz CT molecular complexity index is 767. The summed E-state index contributed by atoms with van der Waals surface area (Å²) in [4.78, 5) is 17.0. The van der Waals surface area contributed by atoms with Crippen molar-refractivity contribution in [2.75, 3.05) is 6.54 Å². The molecule has 25 heavy (non-hydrogen) atoms. The van der Waals surface area contributed by atoms with E-state index >= 15 is 0 Å². The lowest BCUT2D eigenvalue weighted by Crippen LogP contribution is -2.38. The van der Waals surface area contributed by atoms with Gasteiger partial charge in [-0.3, -0.25) is 4.79 Å². The first-order valence-electron chi connectivity index (χ1n) is 8.65. The van der Waals surface area contributed by atoms with Crippen molar-refractivity contribution in [3.63, 3.8) is 0 Å². The van der Waals surface area contributed by atoms with Gasteiger partial charge in [0, 0.05) is 24.7 Å². The molecular weight excluding hydrogens is 334 g/mol. The van der Waals surface area contributed by atoms with E-state index in [1.165, 1.54) is 11.1 Å². The molecular formula is C20H26ClN3O. The third kappa shape index (κ3) is 5.28. The van der Waals surface area contributed by atoms with Crippen LogP contribution in [0.25, 0.3) is 0 Å². The average molecular weight is 360 g/mol. The number of rotatable bonds is 3. The number of nitrogens with one attached hydrogen (secondary N) is 1. The molecule has 0 unspecified atom stereocenters. The molecule has 134 valence electrons. The number of pyridine rings is 1. The molecule has 1 aromatic heterocycles. The van der Waals surface area contributed by atoms with Crippen molar-refractivity contribution >= 4 is 18.3 Å². The van der Waals surface area contributed by atoms with Crippen molar-refractivity contribution in [2.24, 2.45) is 10.9 Å². The molecule has 5 heteroatoms. The van der Waals surface area contributed by atoms with Crippen molar-refractivity contribution in [3.05, 3.63) is 65.3 Å². The normalized spacial score (nSPS) is 20.8. The molecule has 1 aromatic carbocycles. The van der Waals surface area contributed by atoms with Gasteiger partial charge in [-0.25, -0.2) is 0 Å². The fourth-order valence-electron chi connectivity index (χ4n) is 3.15. The van der Waals surface area contributed by atoms with Crippen LogP contribution in [0, 0.1) is 12.8 Å². The van der Waals surface area contributed by atoms with Crippen molar-refractivity contribution in [1.29, 1.82) is 0 Å². The molecule has 1 amide bonds. The standard InChI is InChI=1S/C20H25N3O.ClH/c1-15-6-8-17(9-7-15)14-23-12-4-3-5-19(23)22-20(24)18-10-11-21-16(2)13-18;/h3-9,12,16,18,21H,10-11,13-14H2,1-2H3;1H/t16-,18-;/m0./s1. The summed E-state index contributed by atoms with van der Waals surface area (Å²) in [6.45, 7) is 5.82. The lowest BCUT2D eigenvalue weighted by molar-refractivity contribution is -0.122.